The molecule has 0 spiro atoms. The van der Waals surface area contributed by atoms with Crippen LogP contribution in [-0.2, 0) is 27.2 Å². The minimum atomic E-state index is 0. The Morgan fingerprint density at radius 2 is 1.33 bits per heavy atom. The summed E-state index contributed by atoms with van der Waals surface area (Å²) in [4.78, 5) is 0. The van der Waals surface area contributed by atoms with Crippen LogP contribution in [0.4, 0.5) is 0 Å². The molecule has 4 heteroatoms. The van der Waals surface area contributed by atoms with Gasteiger partial charge >= 0.3 is 181 Å². The molecule has 0 saturated heterocycles. The smallest absolute Gasteiger partial charge is 1.00 e. The summed E-state index contributed by atoms with van der Waals surface area (Å²) in [5.74, 6) is 0.281. The van der Waals surface area contributed by atoms with Crippen LogP contribution in [0, 0.1) is 0 Å². The molecule has 1 atom stereocenters. The van der Waals surface area contributed by atoms with Crippen LogP contribution in [0.25, 0.3) is 11.6 Å². The first-order valence-electron chi connectivity index (χ1n) is 9.88. The topological polar surface area (TPSA) is 3.24 Å². The number of halogens is 2. The van der Waals surface area contributed by atoms with Gasteiger partial charge in [0.1, 0.15) is 0 Å². The Balaban J connectivity index is 0.00000160. The molecule has 0 saturated carbocycles. The first kappa shape index (κ1) is 24.9. The number of allylic oxidation sites excluding steroid dienone is 1. The first-order chi connectivity index (χ1) is 13.4. The van der Waals surface area contributed by atoms with E-state index in [1.54, 1.807) is 0 Å². The molecule has 0 aromatic heterocycles. The number of fused-ring (bicyclic) bond motifs is 1. The molecule has 0 radical (unpaired) electrons. The Kier molecular flexibility index (Phi) is 8.56. The molecule has 3 aromatic carbocycles. The molecule has 0 fully saturated rings. The summed E-state index contributed by atoms with van der Waals surface area (Å²) in [6, 6.07) is 28.6. The summed E-state index contributed by atoms with van der Waals surface area (Å²) in [5.41, 5.74) is 8.41. The number of hydrogen-bond acceptors (Lipinski definition) is 1. The van der Waals surface area contributed by atoms with Gasteiger partial charge in [0.05, 0.1) is 0 Å². The van der Waals surface area contributed by atoms with E-state index in [4.69, 9.17) is 0 Å². The Morgan fingerprint density at radius 1 is 0.767 bits per heavy atom. The fraction of sp³-hybridized carbons (Fsp3) is 0.231. The van der Waals surface area contributed by atoms with Gasteiger partial charge in [0.15, 0.2) is 0 Å². The van der Waals surface area contributed by atoms with Crippen molar-refractivity contribution in [3.05, 3.63) is 107 Å². The van der Waals surface area contributed by atoms with E-state index in [1.165, 1.54) is 33.4 Å². The number of hydrogen-bond donors (Lipinski definition) is 0. The molecule has 153 valence electrons. The van der Waals surface area contributed by atoms with Gasteiger partial charge < -0.3 is 24.8 Å². The molecule has 0 amide bonds. The molecule has 0 aliphatic heterocycles. The van der Waals surface area contributed by atoms with Gasteiger partial charge in [-0.3, -0.25) is 0 Å². The second-order valence-electron chi connectivity index (χ2n) is 8.48. The van der Waals surface area contributed by atoms with Gasteiger partial charge in [-0.15, -0.1) is 0 Å². The van der Waals surface area contributed by atoms with Gasteiger partial charge in [-0.25, -0.2) is 0 Å². The average molecular weight is 471 g/mol. The maximum atomic E-state index is 2.43. The van der Waals surface area contributed by atoms with E-state index in [-0.39, 0.29) is 36.3 Å². The number of benzene rings is 3. The molecule has 1 nitrogen and oxygen atoms in total. The van der Waals surface area contributed by atoms with Crippen molar-refractivity contribution in [2.75, 3.05) is 0 Å². The quantitative estimate of drug-likeness (QED) is 0.500. The summed E-state index contributed by atoms with van der Waals surface area (Å²) < 4.78 is 2.43. The summed E-state index contributed by atoms with van der Waals surface area (Å²) in [7, 11) is 0. The molecule has 1 aliphatic carbocycles. The molecule has 0 N–H and O–H groups in total. The average Bonchev–Trinajstić information content (AvgIpc) is 3.08. The zero-order chi connectivity index (χ0) is 19.7. The SMILES string of the molecule is CC(C)(C)[N]([Ti+2])Cc1ccccc1C1C(c2ccccc2)=Cc2ccccc21.[Cl-].[Cl-]. The summed E-state index contributed by atoms with van der Waals surface area (Å²) in [6.45, 7) is 7.77. The van der Waals surface area contributed by atoms with Gasteiger partial charge in [-0.05, 0) is 0 Å². The van der Waals surface area contributed by atoms with E-state index in [2.05, 4.69) is 130 Å². The Hall–Kier alpha value is -1.35. The number of nitrogens with zero attached hydrogens (tertiary/aromatic N) is 1. The molecule has 0 heterocycles. The van der Waals surface area contributed by atoms with E-state index >= 15 is 0 Å². The van der Waals surface area contributed by atoms with Crippen molar-refractivity contribution in [3.63, 3.8) is 0 Å². The van der Waals surface area contributed by atoms with Crippen LogP contribution < -0.4 is 24.8 Å². The van der Waals surface area contributed by atoms with Crippen LogP contribution in [-0.4, -0.2) is 8.92 Å². The molecule has 3 aromatic rings. The van der Waals surface area contributed by atoms with Crippen LogP contribution in [0.3, 0.4) is 0 Å². The standard InChI is InChI=1S/C26H26N.2ClH.Ti/c1-26(2,3)27-18-21-14-8-10-16-23(21)25-22-15-9-7-13-20(22)17-24(25)19-11-5-4-6-12-19;;;/h4-17,25H,18H2,1-3H3;2*1H;/q-1;;;+3/p-2. The van der Waals surface area contributed by atoms with Gasteiger partial charge in [0.2, 0.25) is 0 Å². The molecular formula is C26H26Cl2NTi. The normalized spacial score (nSPS) is 15.1. The van der Waals surface area contributed by atoms with Gasteiger partial charge in [-0.1, -0.05) is 0 Å². The van der Waals surface area contributed by atoms with E-state index in [9.17, 15) is 0 Å². The number of rotatable bonds is 4. The van der Waals surface area contributed by atoms with Crippen LogP contribution >= 0.6 is 0 Å². The fourth-order valence-corrected chi connectivity index (χ4v) is 4.17. The van der Waals surface area contributed by atoms with Crippen molar-refractivity contribution in [2.24, 2.45) is 0 Å². The molecular weight excluding hydrogens is 445 g/mol. The van der Waals surface area contributed by atoms with E-state index < -0.39 is 0 Å². The van der Waals surface area contributed by atoms with Crippen LogP contribution in [0.2, 0.25) is 0 Å². The Bertz CT molecular complexity index is 1010. The van der Waals surface area contributed by atoms with Crippen LogP contribution in [0.15, 0.2) is 78.9 Å². The maximum Gasteiger partial charge on any atom is -1.00 e. The van der Waals surface area contributed by atoms with Crippen molar-refractivity contribution in [1.82, 2.24) is 3.38 Å². The minimum absolute atomic E-state index is 0. The second kappa shape index (κ2) is 10.3. The molecule has 30 heavy (non-hydrogen) atoms. The second-order valence-corrected chi connectivity index (χ2v) is 9.33. The summed E-state index contributed by atoms with van der Waals surface area (Å²) in [6.07, 6.45) is 2.37. The van der Waals surface area contributed by atoms with Crippen molar-refractivity contribution in [3.8, 4) is 0 Å². The van der Waals surface area contributed by atoms with Gasteiger partial charge in [0.25, 0.3) is 0 Å². The molecule has 4 rings (SSSR count). The third-order valence-electron chi connectivity index (χ3n) is 5.54. The van der Waals surface area contributed by atoms with E-state index in [1.807, 2.05) is 0 Å². The third kappa shape index (κ3) is 5.10. The van der Waals surface area contributed by atoms with Gasteiger partial charge in [-0.2, -0.15) is 0 Å². The molecule has 1 unspecified atom stereocenters. The van der Waals surface area contributed by atoms with Crippen molar-refractivity contribution in [2.45, 2.75) is 38.8 Å². The zero-order valence-electron chi connectivity index (χ0n) is 17.6. The van der Waals surface area contributed by atoms with Crippen LogP contribution in [0.5, 0.6) is 0 Å². The fourth-order valence-electron chi connectivity index (χ4n) is 3.91. The zero-order valence-corrected chi connectivity index (χ0v) is 20.6. The van der Waals surface area contributed by atoms with E-state index in [0.29, 0.717) is 0 Å². The minimum Gasteiger partial charge on any atom is -1.00 e. The maximum absolute atomic E-state index is 2.43. The monoisotopic (exact) mass is 470 g/mol. The van der Waals surface area contributed by atoms with Crippen LogP contribution in [0.1, 0.15) is 54.5 Å². The Labute approximate surface area is 205 Å². The third-order valence-corrected chi connectivity index (χ3v) is 6.83. The van der Waals surface area contributed by atoms with Crippen molar-refractivity contribution >= 4 is 11.6 Å². The molecule has 1 aliphatic rings. The summed E-state index contributed by atoms with van der Waals surface area (Å²) in [5, 5.41) is 0. The predicted molar refractivity (Wildman–Crippen MR) is 114 cm³/mol. The van der Waals surface area contributed by atoms with E-state index in [0.717, 1.165) is 6.54 Å². The Morgan fingerprint density at radius 3 is 2.00 bits per heavy atom. The first-order valence-corrected chi connectivity index (χ1v) is 10.6. The summed E-state index contributed by atoms with van der Waals surface area (Å²) >= 11 is 2.22. The molecule has 0 bridgehead atoms. The van der Waals surface area contributed by atoms with Crippen molar-refractivity contribution in [1.29, 1.82) is 0 Å². The predicted octanol–water partition coefficient (Wildman–Crippen LogP) is 0.443. The van der Waals surface area contributed by atoms with Gasteiger partial charge in [0, 0.05) is 0 Å². The van der Waals surface area contributed by atoms with Crippen molar-refractivity contribution < 1.29 is 45.5 Å². The largest absolute Gasteiger partial charge is 1.00 e.